The molecular formula is C13H25N3O. The van der Waals surface area contributed by atoms with Crippen molar-refractivity contribution < 1.29 is 4.79 Å². The van der Waals surface area contributed by atoms with E-state index in [1.807, 2.05) is 20.0 Å². The number of hydrogen-bond donors (Lipinski definition) is 2. The fraction of sp³-hybridized carbons (Fsp3) is 0.769. The normalized spacial score (nSPS) is 19.9. The second-order valence-corrected chi connectivity index (χ2v) is 4.83. The molecule has 0 aromatic heterocycles. The summed E-state index contributed by atoms with van der Waals surface area (Å²) in [7, 11) is 1.87. The molecule has 4 nitrogen and oxygen atoms in total. The van der Waals surface area contributed by atoms with Crippen LogP contribution in [0.15, 0.2) is 12.7 Å². The molecule has 98 valence electrons. The van der Waals surface area contributed by atoms with Gasteiger partial charge in [-0.05, 0) is 19.9 Å². The number of rotatable bonds is 6. The summed E-state index contributed by atoms with van der Waals surface area (Å²) in [5, 5.41) is 6.16. The SMILES string of the molecule is C=CCN1CCC(NC(=O)C(C)CNC)CC1. The highest BCUT2D eigenvalue weighted by molar-refractivity contribution is 5.78. The summed E-state index contributed by atoms with van der Waals surface area (Å²) in [4.78, 5) is 14.2. The van der Waals surface area contributed by atoms with E-state index in [0.717, 1.165) is 39.0 Å². The van der Waals surface area contributed by atoms with Crippen molar-refractivity contribution in [1.82, 2.24) is 15.5 Å². The van der Waals surface area contributed by atoms with Crippen LogP contribution in [0.3, 0.4) is 0 Å². The number of amides is 1. The molecule has 17 heavy (non-hydrogen) atoms. The van der Waals surface area contributed by atoms with E-state index in [9.17, 15) is 4.79 Å². The number of nitrogens with one attached hydrogen (secondary N) is 2. The number of piperidine rings is 1. The second kappa shape index (κ2) is 7.45. The molecule has 0 aromatic carbocycles. The summed E-state index contributed by atoms with van der Waals surface area (Å²) in [6.07, 6.45) is 4.03. The van der Waals surface area contributed by atoms with Gasteiger partial charge in [0.2, 0.25) is 5.91 Å². The molecule has 2 N–H and O–H groups in total. The first-order chi connectivity index (χ1) is 8.17. The van der Waals surface area contributed by atoms with E-state index in [0.29, 0.717) is 6.04 Å². The van der Waals surface area contributed by atoms with Gasteiger partial charge in [-0.2, -0.15) is 0 Å². The Morgan fingerprint density at radius 3 is 2.71 bits per heavy atom. The monoisotopic (exact) mass is 239 g/mol. The molecule has 1 fully saturated rings. The molecule has 1 aliphatic rings. The van der Waals surface area contributed by atoms with Crippen LogP contribution in [0, 0.1) is 5.92 Å². The zero-order valence-electron chi connectivity index (χ0n) is 11.0. The number of carbonyl (C=O) groups is 1. The molecule has 1 atom stereocenters. The molecular weight excluding hydrogens is 214 g/mol. The van der Waals surface area contributed by atoms with E-state index in [2.05, 4.69) is 22.1 Å². The minimum Gasteiger partial charge on any atom is -0.353 e. The fourth-order valence-electron chi connectivity index (χ4n) is 2.18. The van der Waals surface area contributed by atoms with E-state index < -0.39 is 0 Å². The lowest BCUT2D eigenvalue weighted by molar-refractivity contribution is -0.125. The molecule has 0 saturated carbocycles. The Labute approximate surface area is 104 Å². The van der Waals surface area contributed by atoms with Gasteiger partial charge in [-0.15, -0.1) is 6.58 Å². The summed E-state index contributed by atoms with van der Waals surface area (Å²) >= 11 is 0. The van der Waals surface area contributed by atoms with Crippen LogP contribution in [-0.4, -0.2) is 50.1 Å². The molecule has 1 rings (SSSR count). The van der Waals surface area contributed by atoms with Gasteiger partial charge in [0.15, 0.2) is 0 Å². The van der Waals surface area contributed by atoms with Crippen LogP contribution >= 0.6 is 0 Å². The Morgan fingerprint density at radius 1 is 1.53 bits per heavy atom. The van der Waals surface area contributed by atoms with Crippen molar-refractivity contribution in [1.29, 1.82) is 0 Å². The van der Waals surface area contributed by atoms with E-state index in [1.54, 1.807) is 0 Å². The van der Waals surface area contributed by atoms with Gasteiger partial charge in [0.25, 0.3) is 0 Å². The molecule has 0 bridgehead atoms. The molecule has 0 aliphatic carbocycles. The fourth-order valence-corrected chi connectivity index (χ4v) is 2.18. The van der Waals surface area contributed by atoms with Gasteiger partial charge >= 0.3 is 0 Å². The maximum atomic E-state index is 11.8. The molecule has 1 heterocycles. The highest BCUT2D eigenvalue weighted by Crippen LogP contribution is 2.10. The van der Waals surface area contributed by atoms with Crippen LogP contribution in [-0.2, 0) is 4.79 Å². The summed E-state index contributed by atoms with van der Waals surface area (Å²) < 4.78 is 0. The van der Waals surface area contributed by atoms with Crippen LogP contribution < -0.4 is 10.6 Å². The average molecular weight is 239 g/mol. The van der Waals surface area contributed by atoms with Crippen molar-refractivity contribution in [3.63, 3.8) is 0 Å². The molecule has 1 unspecified atom stereocenters. The molecule has 1 aliphatic heterocycles. The number of carbonyl (C=O) groups excluding carboxylic acids is 1. The third-order valence-corrected chi connectivity index (χ3v) is 3.28. The summed E-state index contributed by atoms with van der Waals surface area (Å²) in [5.41, 5.74) is 0. The predicted octanol–water partition coefficient (Wildman–Crippen LogP) is 0.609. The van der Waals surface area contributed by atoms with Crippen LogP contribution in [0.4, 0.5) is 0 Å². The van der Waals surface area contributed by atoms with Crippen molar-refractivity contribution in [2.75, 3.05) is 33.2 Å². The van der Waals surface area contributed by atoms with Crippen molar-refractivity contribution in [2.45, 2.75) is 25.8 Å². The van der Waals surface area contributed by atoms with E-state index >= 15 is 0 Å². The predicted molar refractivity (Wildman–Crippen MR) is 70.9 cm³/mol. The first kappa shape index (κ1) is 14.2. The van der Waals surface area contributed by atoms with Gasteiger partial charge in [0.1, 0.15) is 0 Å². The first-order valence-corrected chi connectivity index (χ1v) is 6.45. The van der Waals surface area contributed by atoms with Crippen molar-refractivity contribution in [2.24, 2.45) is 5.92 Å². The van der Waals surface area contributed by atoms with Gasteiger partial charge in [-0.1, -0.05) is 13.0 Å². The van der Waals surface area contributed by atoms with Crippen LogP contribution in [0.25, 0.3) is 0 Å². The van der Waals surface area contributed by atoms with Crippen molar-refractivity contribution >= 4 is 5.91 Å². The smallest absolute Gasteiger partial charge is 0.224 e. The minimum absolute atomic E-state index is 0.0474. The highest BCUT2D eigenvalue weighted by Gasteiger charge is 2.21. The molecule has 1 saturated heterocycles. The van der Waals surface area contributed by atoms with Crippen molar-refractivity contribution in [3.05, 3.63) is 12.7 Å². The van der Waals surface area contributed by atoms with Gasteiger partial charge in [0, 0.05) is 38.1 Å². The van der Waals surface area contributed by atoms with Crippen LogP contribution in [0.1, 0.15) is 19.8 Å². The Kier molecular flexibility index (Phi) is 6.22. The Hall–Kier alpha value is -0.870. The number of likely N-dealkylation sites (tertiary alicyclic amines) is 1. The third-order valence-electron chi connectivity index (χ3n) is 3.28. The minimum atomic E-state index is 0.0474. The Bertz CT molecular complexity index is 247. The highest BCUT2D eigenvalue weighted by atomic mass is 16.1. The average Bonchev–Trinajstić information content (AvgIpc) is 2.32. The largest absolute Gasteiger partial charge is 0.353 e. The maximum absolute atomic E-state index is 11.8. The summed E-state index contributed by atoms with van der Waals surface area (Å²) in [5.74, 6) is 0.215. The Balaban J connectivity index is 2.25. The summed E-state index contributed by atoms with van der Waals surface area (Å²) in [6.45, 7) is 9.50. The third kappa shape index (κ3) is 4.88. The quantitative estimate of drug-likeness (QED) is 0.668. The zero-order chi connectivity index (χ0) is 12.7. The van der Waals surface area contributed by atoms with Gasteiger partial charge in [-0.25, -0.2) is 0 Å². The van der Waals surface area contributed by atoms with Gasteiger partial charge in [-0.3, -0.25) is 9.69 Å². The zero-order valence-corrected chi connectivity index (χ0v) is 11.0. The van der Waals surface area contributed by atoms with Crippen molar-refractivity contribution in [3.8, 4) is 0 Å². The topological polar surface area (TPSA) is 44.4 Å². The maximum Gasteiger partial charge on any atom is 0.224 e. The lowest BCUT2D eigenvalue weighted by Crippen LogP contribution is -2.47. The van der Waals surface area contributed by atoms with Gasteiger partial charge in [0.05, 0.1) is 0 Å². The van der Waals surface area contributed by atoms with E-state index in [-0.39, 0.29) is 11.8 Å². The molecule has 0 radical (unpaired) electrons. The number of hydrogen-bond acceptors (Lipinski definition) is 3. The second-order valence-electron chi connectivity index (χ2n) is 4.83. The number of nitrogens with zero attached hydrogens (tertiary/aromatic N) is 1. The van der Waals surface area contributed by atoms with Gasteiger partial charge < -0.3 is 10.6 Å². The molecule has 0 spiro atoms. The summed E-state index contributed by atoms with van der Waals surface area (Å²) in [6, 6.07) is 0.350. The van der Waals surface area contributed by atoms with Crippen LogP contribution in [0.5, 0.6) is 0 Å². The Morgan fingerprint density at radius 2 is 2.18 bits per heavy atom. The molecule has 1 amide bonds. The van der Waals surface area contributed by atoms with E-state index in [4.69, 9.17) is 0 Å². The molecule has 0 aromatic rings. The lowest BCUT2D eigenvalue weighted by Gasteiger charge is -2.32. The molecule has 4 heteroatoms. The van der Waals surface area contributed by atoms with Crippen LogP contribution in [0.2, 0.25) is 0 Å². The first-order valence-electron chi connectivity index (χ1n) is 6.45. The standard InChI is InChI=1S/C13H25N3O/c1-4-7-16-8-5-12(6-9-16)15-13(17)11(2)10-14-3/h4,11-12,14H,1,5-10H2,2-3H3,(H,15,17). The lowest BCUT2D eigenvalue weighted by atomic mass is 10.0. The van der Waals surface area contributed by atoms with E-state index in [1.165, 1.54) is 0 Å².